The Morgan fingerprint density at radius 3 is 2.55 bits per heavy atom. The third-order valence-corrected chi connectivity index (χ3v) is 4.77. The zero-order chi connectivity index (χ0) is 20.5. The van der Waals surface area contributed by atoms with Crippen molar-refractivity contribution in [3.05, 3.63) is 87.5 Å². The maximum Gasteiger partial charge on any atom is 0.232 e. The first-order chi connectivity index (χ1) is 13.9. The quantitative estimate of drug-likeness (QED) is 0.416. The van der Waals surface area contributed by atoms with Gasteiger partial charge in [0, 0.05) is 22.7 Å². The number of hydrogen-bond donors (Lipinski definition) is 0. The van der Waals surface area contributed by atoms with E-state index in [0.29, 0.717) is 39.0 Å². The average molecular weight is 409 g/mol. The molecule has 3 aromatic rings. The predicted molar refractivity (Wildman–Crippen MR) is 109 cm³/mol. The van der Waals surface area contributed by atoms with Crippen LogP contribution in [0.15, 0.2) is 58.7 Å². The normalized spacial score (nSPS) is 14.0. The molecule has 0 atom stereocenters. The topological polar surface area (TPSA) is 65.7 Å². The van der Waals surface area contributed by atoms with Crippen LogP contribution in [-0.2, 0) is 0 Å². The number of ether oxygens (including phenoxy) is 2. The van der Waals surface area contributed by atoms with Crippen molar-refractivity contribution in [2.75, 3.05) is 6.61 Å². The summed E-state index contributed by atoms with van der Waals surface area (Å²) in [5.41, 5.74) is 1.70. The molecule has 0 N–H and O–H groups in total. The molecule has 4 rings (SSSR count). The van der Waals surface area contributed by atoms with Crippen LogP contribution in [0.3, 0.4) is 0 Å². The summed E-state index contributed by atoms with van der Waals surface area (Å²) >= 11 is 5.84. The summed E-state index contributed by atoms with van der Waals surface area (Å²) in [6.45, 7) is 3.49. The summed E-state index contributed by atoms with van der Waals surface area (Å²) < 4.78 is 16.9. The first kappa shape index (κ1) is 19.0. The number of Topliss-reactive ketones (excluding diaryl/α,β-unsaturated/α-hetero) is 2. The van der Waals surface area contributed by atoms with Crippen molar-refractivity contribution >= 4 is 29.2 Å². The van der Waals surface area contributed by atoms with E-state index in [9.17, 15) is 9.59 Å². The minimum absolute atomic E-state index is 0.137. The van der Waals surface area contributed by atoms with E-state index in [1.54, 1.807) is 55.5 Å². The van der Waals surface area contributed by atoms with Crippen molar-refractivity contribution in [3.8, 4) is 11.5 Å². The van der Waals surface area contributed by atoms with Crippen LogP contribution in [0.2, 0.25) is 5.02 Å². The van der Waals surface area contributed by atoms with Crippen LogP contribution in [0.4, 0.5) is 0 Å². The number of benzene rings is 2. The third kappa shape index (κ3) is 3.96. The molecule has 1 aromatic heterocycles. The highest BCUT2D eigenvalue weighted by atomic mass is 35.5. The van der Waals surface area contributed by atoms with E-state index in [2.05, 4.69) is 0 Å². The van der Waals surface area contributed by atoms with E-state index in [4.69, 9.17) is 25.5 Å². The fourth-order valence-electron chi connectivity index (χ4n) is 3.09. The molecule has 0 radical (unpaired) electrons. The molecule has 5 nitrogen and oxygen atoms in total. The van der Waals surface area contributed by atoms with Crippen molar-refractivity contribution in [3.63, 3.8) is 0 Å². The summed E-state index contributed by atoms with van der Waals surface area (Å²) in [7, 11) is 0. The van der Waals surface area contributed by atoms with Gasteiger partial charge >= 0.3 is 0 Å². The number of halogens is 1. The Balaban J connectivity index is 1.51. The zero-order valence-electron chi connectivity index (χ0n) is 15.8. The molecular formula is C23H17ClO5. The summed E-state index contributed by atoms with van der Waals surface area (Å²) in [4.78, 5) is 25.0. The zero-order valence-corrected chi connectivity index (χ0v) is 16.6. The molecule has 0 fully saturated rings. The highest BCUT2D eigenvalue weighted by molar-refractivity contribution is 6.30. The second-order valence-corrected chi connectivity index (χ2v) is 7.16. The summed E-state index contributed by atoms with van der Waals surface area (Å²) in [6.07, 6.45) is 1.57. The predicted octanol–water partition coefficient (Wildman–Crippen LogP) is 5.43. The van der Waals surface area contributed by atoms with E-state index in [1.165, 1.54) is 0 Å². The van der Waals surface area contributed by atoms with E-state index in [-0.39, 0.29) is 23.9 Å². The lowest BCUT2D eigenvalue weighted by atomic mass is 10.0. The molecule has 1 aliphatic heterocycles. The van der Waals surface area contributed by atoms with Crippen LogP contribution in [0.1, 0.15) is 37.8 Å². The van der Waals surface area contributed by atoms with Crippen LogP contribution in [-0.4, -0.2) is 18.2 Å². The van der Waals surface area contributed by atoms with Gasteiger partial charge in [-0.1, -0.05) is 11.6 Å². The van der Waals surface area contributed by atoms with Gasteiger partial charge in [-0.15, -0.1) is 0 Å². The highest BCUT2D eigenvalue weighted by Gasteiger charge is 2.30. The third-order valence-electron chi connectivity index (χ3n) is 4.51. The van der Waals surface area contributed by atoms with Crippen molar-refractivity contribution in [2.45, 2.75) is 13.8 Å². The lowest BCUT2D eigenvalue weighted by molar-refractivity contribution is 0.0920. The maximum absolute atomic E-state index is 12.7. The van der Waals surface area contributed by atoms with Gasteiger partial charge < -0.3 is 13.9 Å². The number of carbonyl (C=O) groups excluding carboxylic acids is 2. The number of furan rings is 1. The number of aryl methyl sites for hydroxylation is 2. The number of ketones is 2. The second kappa shape index (κ2) is 7.60. The lowest BCUT2D eigenvalue weighted by Gasteiger charge is -2.09. The van der Waals surface area contributed by atoms with Crippen LogP contribution in [0.5, 0.6) is 11.5 Å². The Kier molecular flexibility index (Phi) is 4.99. The number of fused-ring (bicyclic) bond motifs is 1. The highest BCUT2D eigenvalue weighted by Crippen LogP contribution is 2.37. The molecule has 2 aromatic carbocycles. The standard InChI is InChI=1S/C23H17ClO5/c1-13-9-18(27-12-19(25)15-4-6-16(24)7-5-15)11-20-22(13)23(26)21(29-20)10-17-8-3-14(2)28-17/h3-11H,12H2,1-2H3/b21-10-. The van der Waals surface area contributed by atoms with Crippen molar-refractivity contribution < 1.29 is 23.5 Å². The van der Waals surface area contributed by atoms with E-state index < -0.39 is 0 Å². The minimum Gasteiger partial charge on any atom is -0.485 e. The first-order valence-electron chi connectivity index (χ1n) is 8.97. The monoisotopic (exact) mass is 408 g/mol. The molecule has 0 unspecified atom stereocenters. The first-order valence-corrected chi connectivity index (χ1v) is 9.35. The van der Waals surface area contributed by atoms with Crippen LogP contribution >= 0.6 is 11.6 Å². The van der Waals surface area contributed by atoms with E-state index in [0.717, 1.165) is 5.76 Å². The number of rotatable bonds is 5. The van der Waals surface area contributed by atoms with Crippen molar-refractivity contribution in [2.24, 2.45) is 0 Å². The fourth-order valence-corrected chi connectivity index (χ4v) is 3.21. The van der Waals surface area contributed by atoms with Crippen molar-refractivity contribution in [1.82, 2.24) is 0 Å². The van der Waals surface area contributed by atoms with Gasteiger partial charge in [0.1, 0.15) is 23.0 Å². The fraction of sp³-hybridized carbons (Fsp3) is 0.130. The summed E-state index contributed by atoms with van der Waals surface area (Å²) in [5, 5.41) is 0.562. The molecule has 29 heavy (non-hydrogen) atoms. The number of allylic oxidation sites excluding steroid dienone is 1. The molecule has 0 saturated heterocycles. The lowest BCUT2D eigenvalue weighted by Crippen LogP contribution is -2.11. The van der Waals surface area contributed by atoms with E-state index in [1.807, 2.05) is 13.0 Å². The second-order valence-electron chi connectivity index (χ2n) is 6.72. The average Bonchev–Trinajstić information content (AvgIpc) is 3.23. The van der Waals surface area contributed by atoms with Crippen LogP contribution < -0.4 is 9.47 Å². The Morgan fingerprint density at radius 1 is 1.10 bits per heavy atom. The smallest absolute Gasteiger partial charge is 0.232 e. The Bertz CT molecular complexity index is 1140. The number of carbonyl (C=O) groups is 2. The van der Waals surface area contributed by atoms with Crippen LogP contribution in [0, 0.1) is 13.8 Å². The molecule has 0 aliphatic carbocycles. The van der Waals surface area contributed by atoms with Gasteiger partial charge in [-0.05, 0) is 61.9 Å². The van der Waals surface area contributed by atoms with Gasteiger partial charge in [0.25, 0.3) is 0 Å². The minimum atomic E-state index is -0.213. The SMILES string of the molecule is Cc1ccc(/C=C2\Oc3cc(OCC(=O)c4ccc(Cl)cc4)cc(C)c3C2=O)o1. The maximum atomic E-state index is 12.7. The Morgan fingerprint density at radius 2 is 1.86 bits per heavy atom. The largest absolute Gasteiger partial charge is 0.485 e. The summed E-state index contributed by atoms with van der Waals surface area (Å²) in [5.74, 6) is 1.94. The molecule has 2 heterocycles. The van der Waals surface area contributed by atoms with E-state index >= 15 is 0 Å². The molecule has 6 heteroatoms. The van der Waals surface area contributed by atoms with Gasteiger partial charge in [0.05, 0.1) is 5.56 Å². The van der Waals surface area contributed by atoms with Gasteiger partial charge in [-0.3, -0.25) is 9.59 Å². The molecule has 0 spiro atoms. The van der Waals surface area contributed by atoms with Gasteiger partial charge in [-0.25, -0.2) is 0 Å². The van der Waals surface area contributed by atoms with Gasteiger partial charge in [-0.2, -0.15) is 0 Å². The number of hydrogen-bond acceptors (Lipinski definition) is 5. The Hall–Kier alpha value is -3.31. The molecule has 146 valence electrons. The summed E-state index contributed by atoms with van der Waals surface area (Å²) in [6, 6.07) is 13.5. The molecular weight excluding hydrogens is 392 g/mol. The molecule has 0 bridgehead atoms. The van der Waals surface area contributed by atoms with Crippen molar-refractivity contribution in [1.29, 1.82) is 0 Å². The van der Waals surface area contributed by atoms with Crippen LogP contribution in [0.25, 0.3) is 6.08 Å². The van der Waals surface area contributed by atoms with Gasteiger partial charge in [0.15, 0.2) is 18.1 Å². The molecule has 0 saturated carbocycles. The molecule has 1 aliphatic rings. The van der Waals surface area contributed by atoms with Gasteiger partial charge in [0.2, 0.25) is 5.78 Å². The Labute approximate surface area is 172 Å². The molecule has 0 amide bonds.